The van der Waals surface area contributed by atoms with E-state index in [1.807, 2.05) is 12.1 Å². The van der Waals surface area contributed by atoms with Crippen LogP contribution in [-0.2, 0) is 6.54 Å². The normalized spacial score (nSPS) is 12.4. The Morgan fingerprint density at radius 3 is 2.57 bits per heavy atom. The molecule has 0 saturated carbocycles. The molecule has 0 saturated heterocycles. The van der Waals surface area contributed by atoms with Gasteiger partial charge in [0.2, 0.25) is 0 Å². The maximum Gasteiger partial charge on any atom is 0.128 e. The molecule has 1 unspecified atom stereocenters. The second-order valence-corrected chi connectivity index (χ2v) is 5.49. The first-order valence-corrected chi connectivity index (χ1v) is 7.34. The molecule has 0 aliphatic rings. The maximum atomic E-state index is 14.2. The van der Waals surface area contributed by atoms with Crippen molar-refractivity contribution in [1.82, 2.24) is 9.80 Å². The first-order valence-electron chi connectivity index (χ1n) is 7.34. The molecular weight excluding hydrogens is 265 g/mol. The van der Waals surface area contributed by atoms with Crippen LogP contribution in [-0.4, -0.2) is 49.6 Å². The van der Waals surface area contributed by atoms with E-state index in [0.717, 1.165) is 13.1 Å². The molecule has 0 radical (unpaired) electrons. The van der Waals surface area contributed by atoms with E-state index in [-0.39, 0.29) is 12.4 Å². The second kappa shape index (κ2) is 8.78. The van der Waals surface area contributed by atoms with Crippen LogP contribution in [0.1, 0.15) is 25.0 Å². The van der Waals surface area contributed by atoms with Gasteiger partial charge in [0.05, 0.1) is 6.54 Å². The number of likely N-dealkylation sites (N-methyl/N-ethyl adjacent to an activating group) is 2. The van der Waals surface area contributed by atoms with E-state index in [2.05, 4.69) is 49.6 Å². The van der Waals surface area contributed by atoms with Gasteiger partial charge in [-0.3, -0.25) is 4.90 Å². The van der Waals surface area contributed by atoms with E-state index in [4.69, 9.17) is 5.73 Å². The smallest absolute Gasteiger partial charge is 0.128 e. The van der Waals surface area contributed by atoms with Crippen LogP contribution >= 0.6 is 0 Å². The molecule has 0 aliphatic heterocycles. The fourth-order valence-corrected chi connectivity index (χ4v) is 2.35. The van der Waals surface area contributed by atoms with Crippen LogP contribution in [0.3, 0.4) is 0 Å². The van der Waals surface area contributed by atoms with E-state index in [1.54, 1.807) is 0 Å². The fraction of sp³-hybridized carbons (Fsp3) is 0.529. The standard InChI is InChI=1S/C17H26FN3/c1-5-21(14(2)12-20(3)4)13-16-9-8-15(7-6-10-19)11-17(16)18/h8-9,11,14H,5,10,12-13,19H2,1-4H3. The molecule has 0 spiro atoms. The van der Waals surface area contributed by atoms with Crippen LogP contribution in [0, 0.1) is 17.7 Å². The maximum absolute atomic E-state index is 14.2. The van der Waals surface area contributed by atoms with Crippen molar-refractivity contribution < 1.29 is 4.39 Å². The molecular formula is C17H26FN3. The summed E-state index contributed by atoms with van der Waals surface area (Å²) in [5.41, 5.74) is 6.70. The highest BCUT2D eigenvalue weighted by Crippen LogP contribution is 2.14. The molecule has 116 valence electrons. The number of nitrogens with zero attached hydrogens (tertiary/aromatic N) is 2. The Balaban J connectivity index is 2.81. The molecule has 1 rings (SSSR count). The van der Waals surface area contributed by atoms with Gasteiger partial charge in [-0.05, 0) is 39.7 Å². The van der Waals surface area contributed by atoms with E-state index in [0.29, 0.717) is 23.7 Å². The Labute approximate surface area is 127 Å². The number of benzene rings is 1. The SMILES string of the molecule is CCN(Cc1ccc(C#CCN)cc1F)C(C)CN(C)C. The third kappa shape index (κ3) is 5.84. The van der Waals surface area contributed by atoms with Gasteiger partial charge >= 0.3 is 0 Å². The Bertz CT molecular complexity index is 502. The summed E-state index contributed by atoms with van der Waals surface area (Å²) in [7, 11) is 4.10. The summed E-state index contributed by atoms with van der Waals surface area (Å²) in [5.74, 6) is 5.39. The zero-order valence-electron chi connectivity index (χ0n) is 13.5. The summed E-state index contributed by atoms with van der Waals surface area (Å²) in [6, 6.07) is 5.54. The van der Waals surface area contributed by atoms with Gasteiger partial charge in [0.25, 0.3) is 0 Å². The number of hydrogen-bond acceptors (Lipinski definition) is 3. The van der Waals surface area contributed by atoms with Gasteiger partial charge in [0.1, 0.15) is 5.82 Å². The van der Waals surface area contributed by atoms with Gasteiger partial charge in [-0.25, -0.2) is 4.39 Å². The lowest BCUT2D eigenvalue weighted by molar-refractivity contribution is 0.172. The molecule has 0 aliphatic carbocycles. The third-order valence-electron chi connectivity index (χ3n) is 3.42. The van der Waals surface area contributed by atoms with Gasteiger partial charge < -0.3 is 10.6 Å². The Hall–Kier alpha value is -1.41. The largest absolute Gasteiger partial charge is 0.320 e. The molecule has 1 aromatic carbocycles. The average Bonchev–Trinajstić information content (AvgIpc) is 2.43. The highest BCUT2D eigenvalue weighted by molar-refractivity contribution is 5.37. The van der Waals surface area contributed by atoms with Gasteiger partial charge in [-0.1, -0.05) is 24.8 Å². The molecule has 21 heavy (non-hydrogen) atoms. The topological polar surface area (TPSA) is 32.5 Å². The van der Waals surface area contributed by atoms with E-state index in [1.165, 1.54) is 6.07 Å². The molecule has 3 nitrogen and oxygen atoms in total. The number of rotatable bonds is 6. The predicted octanol–water partition coefficient (Wildman–Crippen LogP) is 1.91. The summed E-state index contributed by atoms with van der Waals surface area (Å²) in [6.45, 7) is 7.02. The molecule has 0 amide bonds. The predicted molar refractivity (Wildman–Crippen MR) is 86.4 cm³/mol. The number of nitrogens with two attached hydrogens (primary N) is 1. The summed E-state index contributed by atoms with van der Waals surface area (Å²) in [5, 5.41) is 0. The first-order chi connectivity index (χ1) is 9.97. The lowest BCUT2D eigenvalue weighted by atomic mass is 10.1. The Morgan fingerprint density at radius 1 is 1.33 bits per heavy atom. The van der Waals surface area contributed by atoms with Crippen molar-refractivity contribution in [2.24, 2.45) is 5.73 Å². The van der Waals surface area contributed by atoms with Crippen LogP contribution in [0.5, 0.6) is 0 Å². The lowest BCUT2D eigenvalue weighted by Crippen LogP contribution is -2.39. The minimum atomic E-state index is -0.200. The third-order valence-corrected chi connectivity index (χ3v) is 3.42. The minimum absolute atomic E-state index is 0.200. The Kier molecular flexibility index (Phi) is 7.38. The molecule has 0 aromatic heterocycles. The molecule has 0 heterocycles. The molecule has 1 atom stereocenters. The van der Waals surface area contributed by atoms with Crippen molar-refractivity contribution >= 4 is 0 Å². The quantitative estimate of drug-likeness (QED) is 0.813. The highest BCUT2D eigenvalue weighted by atomic mass is 19.1. The average molecular weight is 291 g/mol. The van der Waals surface area contributed by atoms with Crippen LogP contribution in [0.2, 0.25) is 0 Å². The minimum Gasteiger partial charge on any atom is -0.320 e. The summed E-state index contributed by atoms with van der Waals surface area (Å²) < 4.78 is 14.2. The van der Waals surface area contributed by atoms with Gasteiger partial charge in [0.15, 0.2) is 0 Å². The van der Waals surface area contributed by atoms with Crippen LogP contribution in [0.4, 0.5) is 4.39 Å². The van der Waals surface area contributed by atoms with Crippen molar-refractivity contribution in [2.45, 2.75) is 26.4 Å². The zero-order valence-corrected chi connectivity index (χ0v) is 13.5. The Morgan fingerprint density at radius 2 is 2.05 bits per heavy atom. The monoisotopic (exact) mass is 291 g/mol. The molecule has 1 aromatic rings. The molecule has 0 bridgehead atoms. The molecule has 0 fully saturated rings. The van der Waals surface area contributed by atoms with Crippen molar-refractivity contribution in [3.8, 4) is 11.8 Å². The van der Waals surface area contributed by atoms with Crippen molar-refractivity contribution in [3.63, 3.8) is 0 Å². The summed E-state index contributed by atoms with van der Waals surface area (Å²) >= 11 is 0. The fourth-order valence-electron chi connectivity index (χ4n) is 2.35. The van der Waals surface area contributed by atoms with Gasteiger partial charge in [-0.2, -0.15) is 0 Å². The summed E-state index contributed by atoms with van der Waals surface area (Å²) in [4.78, 5) is 4.42. The van der Waals surface area contributed by atoms with Crippen LogP contribution in [0.15, 0.2) is 18.2 Å². The zero-order chi connectivity index (χ0) is 15.8. The number of halogens is 1. The van der Waals surface area contributed by atoms with Gasteiger partial charge in [-0.15, -0.1) is 0 Å². The van der Waals surface area contributed by atoms with E-state index < -0.39 is 0 Å². The summed E-state index contributed by atoms with van der Waals surface area (Å²) in [6.07, 6.45) is 0. The molecule has 4 heteroatoms. The number of hydrogen-bond donors (Lipinski definition) is 1. The van der Waals surface area contributed by atoms with Crippen molar-refractivity contribution in [2.75, 3.05) is 33.7 Å². The molecule has 2 N–H and O–H groups in total. The van der Waals surface area contributed by atoms with E-state index in [9.17, 15) is 4.39 Å². The lowest BCUT2D eigenvalue weighted by Gasteiger charge is -2.30. The van der Waals surface area contributed by atoms with Crippen LogP contribution < -0.4 is 5.73 Å². The van der Waals surface area contributed by atoms with Crippen LogP contribution in [0.25, 0.3) is 0 Å². The first kappa shape index (κ1) is 17.6. The highest BCUT2D eigenvalue weighted by Gasteiger charge is 2.15. The van der Waals surface area contributed by atoms with Crippen molar-refractivity contribution in [3.05, 3.63) is 35.1 Å². The van der Waals surface area contributed by atoms with E-state index >= 15 is 0 Å². The van der Waals surface area contributed by atoms with Crippen molar-refractivity contribution in [1.29, 1.82) is 0 Å². The second-order valence-electron chi connectivity index (χ2n) is 5.49. The van der Waals surface area contributed by atoms with Gasteiger partial charge in [0, 0.05) is 30.3 Å².